The molecule has 4 aromatic rings. The number of aliphatic hydroxyl groups excluding tert-OH is 1. The topological polar surface area (TPSA) is 55.5 Å². The Morgan fingerprint density at radius 2 is 1.46 bits per heavy atom. The van der Waals surface area contributed by atoms with Gasteiger partial charge in [-0.2, -0.15) is 0 Å². The highest BCUT2D eigenvalue weighted by Gasteiger charge is 2.19. The van der Waals surface area contributed by atoms with Crippen LogP contribution >= 0.6 is 0 Å². The Labute approximate surface area is 159 Å². The summed E-state index contributed by atoms with van der Waals surface area (Å²) in [5.41, 5.74) is 1.59. The fraction of sp³-hybridized carbons (Fsp3) is 0.0455. The van der Waals surface area contributed by atoms with E-state index in [1.165, 1.54) is 0 Å². The Kier molecular flexibility index (Phi) is 4.87. The second-order valence-corrected chi connectivity index (χ2v) is 6.09. The molecule has 0 aliphatic carbocycles. The van der Waals surface area contributed by atoms with Crippen molar-refractivity contribution in [1.29, 1.82) is 0 Å². The van der Waals surface area contributed by atoms with Crippen LogP contribution in [-0.2, 0) is 6.61 Å². The van der Waals surface area contributed by atoms with E-state index in [9.17, 15) is 13.9 Å². The molecule has 0 atom stereocenters. The molecule has 0 aliphatic heterocycles. The first-order valence-corrected chi connectivity index (χ1v) is 8.53. The van der Waals surface area contributed by atoms with Gasteiger partial charge in [0.05, 0.1) is 12.2 Å². The van der Waals surface area contributed by atoms with Crippen molar-refractivity contribution in [2.75, 3.05) is 0 Å². The molecule has 6 heteroatoms. The number of hydrogen-bond acceptors (Lipinski definition) is 4. The number of halogens is 2. The highest BCUT2D eigenvalue weighted by Crippen LogP contribution is 2.34. The van der Waals surface area contributed by atoms with E-state index in [0.717, 1.165) is 18.2 Å². The molecule has 4 rings (SSSR count). The molecule has 0 spiro atoms. The average Bonchev–Trinajstić information content (AvgIpc) is 3.13. The summed E-state index contributed by atoms with van der Waals surface area (Å²) in [6.45, 7) is -0.394. The standard InChI is InChI=1S/C22H15F2NO3/c23-16-10-15(11-17(24)12-16)22-20(13-26)21(25-28-22)14-6-8-19(9-7-14)27-18-4-2-1-3-5-18/h1-12,26H,13H2. The molecular weight excluding hydrogens is 364 g/mol. The molecule has 0 aliphatic rings. The molecule has 1 aromatic heterocycles. The number of ether oxygens (including phenoxy) is 1. The predicted molar refractivity (Wildman–Crippen MR) is 99.7 cm³/mol. The summed E-state index contributed by atoms with van der Waals surface area (Å²) in [7, 11) is 0. The second-order valence-electron chi connectivity index (χ2n) is 6.09. The molecule has 0 fully saturated rings. The maximum Gasteiger partial charge on any atom is 0.173 e. The Hall–Kier alpha value is -3.51. The predicted octanol–water partition coefficient (Wildman–Crippen LogP) is 5.57. The van der Waals surface area contributed by atoms with E-state index in [-0.39, 0.29) is 11.3 Å². The van der Waals surface area contributed by atoms with Crippen LogP contribution in [0.2, 0.25) is 0 Å². The summed E-state index contributed by atoms with van der Waals surface area (Å²) in [5.74, 6) is -0.00131. The summed E-state index contributed by atoms with van der Waals surface area (Å²) in [4.78, 5) is 0. The molecule has 0 bridgehead atoms. The molecule has 0 amide bonds. The van der Waals surface area contributed by atoms with Gasteiger partial charge in [-0.05, 0) is 48.5 Å². The first-order chi connectivity index (χ1) is 13.6. The Morgan fingerprint density at radius 3 is 2.11 bits per heavy atom. The minimum atomic E-state index is -0.737. The van der Waals surface area contributed by atoms with Crippen molar-refractivity contribution in [2.45, 2.75) is 6.61 Å². The Balaban J connectivity index is 1.65. The maximum atomic E-state index is 13.5. The van der Waals surface area contributed by atoms with Gasteiger partial charge in [0.25, 0.3) is 0 Å². The molecule has 0 saturated heterocycles. The molecule has 0 radical (unpaired) electrons. The van der Waals surface area contributed by atoms with Gasteiger partial charge in [0.2, 0.25) is 0 Å². The van der Waals surface area contributed by atoms with Crippen molar-refractivity contribution in [1.82, 2.24) is 5.16 Å². The second kappa shape index (κ2) is 7.62. The zero-order valence-electron chi connectivity index (χ0n) is 14.6. The molecule has 0 saturated carbocycles. The maximum absolute atomic E-state index is 13.5. The minimum absolute atomic E-state index is 0.125. The third kappa shape index (κ3) is 3.63. The normalized spacial score (nSPS) is 10.8. The van der Waals surface area contributed by atoms with Gasteiger partial charge < -0.3 is 14.4 Å². The lowest BCUT2D eigenvalue weighted by atomic mass is 10.0. The summed E-state index contributed by atoms with van der Waals surface area (Å²) in [5, 5.41) is 13.8. The van der Waals surface area contributed by atoms with Crippen molar-refractivity contribution >= 4 is 0 Å². The van der Waals surface area contributed by atoms with Gasteiger partial charge in [-0.3, -0.25) is 0 Å². The van der Waals surface area contributed by atoms with Gasteiger partial charge >= 0.3 is 0 Å². The van der Waals surface area contributed by atoms with Crippen LogP contribution in [0.25, 0.3) is 22.6 Å². The summed E-state index contributed by atoms with van der Waals surface area (Å²) < 4.78 is 38.1. The third-order valence-electron chi connectivity index (χ3n) is 4.18. The quantitative estimate of drug-likeness (QED) is 0.492. The van der Waals surface area contributed by atoms with Crippen LogP contribution in [0.1, 0.15) is 5.56 Å². The smallest absolute Gasteiger partial charge is 0.173 e. The highest BCUT2D eigenvalue weighted by atomic mass is 19.1. The van der Waals surface area contributed by atoms with Gasteiger partial charge in [0.15, 0.2) is 5.76 Å². The van der Waals surface area contributed by atoms with Crippen molar-refractivity contribution in [2.24, 2.45) is 0 Å². The van der Waals surface area contributed by atoms with E-state index < -0.39 is 18.2 Å². The average molecular weight is 379 g/mol. The van der Waals surface area contributed by atoms with Gasteiger partial charge in [0, 0.05) is 17.2 Å². The lowest BCUT2D eigenvalue weighted by Gasteiger charge is -2.06. The summed E-state index contributed by atoms with van der Waals surface area (Å²) >= 11 is 0. The summed E-state index contributed by atoms with van der Waals surface area (Å²) in [6.07, 6.45) is 0. The highest BCUT2D eigenvalue weighted by molar-refractivity contribution is 5.72. The lowest BCUT2D eigenvalue weighted by molar-refractivity contribution is 0.281. The zero-order chi connectivity index (χ0) is 19.5. The number of aromatic nitrogens is 1. The fourth-order valence-electron chi connectivity index (χ4n) is 2.90. The molecular formula is C22H15F2NO3. The van der Waals surface area contributed by atoms with Gasteiger partial charge in [-0.25, -0.2) is 8.78 Å². The van der Waals surface area contributed by atoms with Crippen molar-refractivity contribution < 1.29 is 23.1 Å². The van der Waals surface area contributed by atoms with Crippen LogP contribution in [0.5, 0.6) is 11.5 Å². The minimum Gasteiger partial charge on any atom is -0.457 e. The van der Waals surface area contributed by atoms with E-state index in [1.54, 1.807) is 24.3 Å². The Bertz CT molecular complexity index is 1070. The number of nitrogens with zero attached hydrogens (tertiary/aromatic N) is 1. The van der Waals surface area contributed by atoms with E-state index in [0.29, 0.717) is 28.3 Å². The van der Waals surface area contributed by atoms with Gasteiger partial charge in [0.1, 0.15) is 28.8 Å². The van der Waals surface area contributed by atoms with Crippen LogP contribution in [0.3, 0.4) is 0 Å². The SMILES string of the molecule is OCc1c(-c2ccc(Oc3ccccc3)cc2)noc1-c1cc(F)cc(F)c1. The monoisotopic (exact) mass is 379 g/mol. The molecule has 1 N–H and O–H groups in total. The van der Waals surface area contributed by atoms with E-state index in [4.69, 9.17) is 9.26 Å². The number of hydrogen-bond donors (Lipinski definition) is 1. The molecule has 3 aromatic carbocycles. The van der Waals surface area contributed by atoms with E-state index in [2.05, 4.69) is 5.16 Å². The van der Waals surface area contributed by atoms with Crippen LogP contribution in [-0.4, -0.2) is 10.3 Å². The fourth-order valence-corrected chi connectivity index (χ4v) is 2.90. The first-order valence-electron chi connectivity index (χ1n) is 8.53. The first kappa shape index (κ1) is 17.9. The number of benzene rings is 3. The summed E-state index contributed by atoms with van der Waals surface area (Å²) in [6, 6.07) is 19.4. The van der Waals surface area contributed by atoms with Crippen molar-refractivity contribution in [3.8, 4) is 34.1 Å². The van der Waals surface area contributed by atoms with Gasteiger partial charge in [-0.15, -0.1) is 0 Å². The molecule has 140 valence electrons. The van der Waals surface area contributed by atoms with Crippen LogP contribution in [0.4, 0.5) is 8.78 Å². The molecule has 28 heavy (non-hydrogen) atoms. The lowest BCUT2D eigenvalue weighted by Crippen LogP contribution is -1.91. The van der Waals surface area contributed by atoms with Crippen LogP contribution in [0.15, 0.2) is 77.3 Å². The Morgan fingerprint density at radius 1 is 0.821 bits per heavy atom. The molecule has 4 nitrogen and oxygen atoms in total. The third-order valence-corrected chi connectivity index (χ3v) is 4.18. The van der Waals surface area contributed by atoms with Crippen molar-refractivity contribution in [3.05, 3.63) is 90.0 Å². The van der Waals surface area contributed by atoms with Gasteiger partial charge in [-0.1, -0.05) is 23.4 Å². The van der Waals surface area contributed by atoms with E-state index in [1.807, 2.05) is 30.3 Å². The van der Waals surface area contributed by atoms with Crippen LogP contribution < -0.4 is 4.74 Å². The van der Waals surface area contributed by atoms with Crippen LogP contribution in [0, 0.1) is 11.6 Å². The zero-order valence-corrected chi connectivity index (χ0v) is 14.6. The number of rotatable bonds is 5. The molecule has 0 unspecified atom stereocenters. The molecule has 1 heterocycles. The largest absolute Gasteiger partial charge is 0.457 e. The van der Waals surface area contributed by atoms with Crippen molar-refractivity contribution in [3.63, 3.8) is 0 Å². The number of aliphatic hydroxyl groups is 1. The van der Waals surface area contributed by atoms with E-state index >= 15 is 0 Å². The number of para-hydroxylation sites is 1.